The topological polar surface area (TPSA) is 143 Å². The minimum absolute atomic E-state index is 0.261. The lowest BCUT2D eigenvalue weighted by molar-refractivity contribution is -0.387. The summed E-state index contributed by atoms with van der Waals surface area (Å²) in [4.78, 5) is 24.4. The quantitative estimate of drug-likeness (QED) is 0.164. The predicted molar refractivity (Wildman–Crippen MR) is 145 cm³/mol. The summed E-state index contributed by atoms with van der Waals surface area (Å²) < 4.78 is 33.6. The number of sulfonamides is 1. The number of benzene rings is 3. The molecule has 0 saturated carbocycles. The van der Waals surface area contributed by atoms with Crippen LogP contribution in [0.1, 0.15) is 40.4 Å². The number of anilines is 1. The lowest BCUT2D eigenvalue weighted by Gasteiger charge is -2.21. The van der Waals surface area contributed by atoms with Crippen LogP contribution in [0.5, 0.6) is 0 Å². The van der Waals surface area contributed by atoms with Gasteiger partial charge >= 0.3 is 5.97 Å². The van der Waals surface area contributed by atoms with Gasteiger partial charge in [-0.25, -0.2) is 17.9 Å². The molecule has 0 spiro atoms. The van der Waals surface area contributed by atoms with E-state index in [4.69, 9.17) is 4.74 Å². The molecular formula is C28H28N4O6S. The highest BCUT2D eigenvalue weighted by Crippen LogP contribution is 2.33. The van der Waals surface area contributed by atoms with Crippen LogP contribution in [0.3, 0.4) is 0 Å². The summed E-state index contributed by atoms with van der Waals surface area (Å²) in [5.74, 6) is -0.369. The maximum absolute atomic E-state index is 12.9. The summed E-state index contributed by atoms with van der Waals surface area (Å²) >= 11 is 0. The normalized spacial score (nSPS) is 13.4. The van der Waals surface area contributed by atoms with Gasteiger partial charge in [-0.05, 0) is 61.6 Å². The number of nitro benzene ring substituents is 1. The zero-order valence-corrected chi connectivity index (χ0v) is 22.2. The zero-order valence-electron chi connectivity index (χ0n) is 21.4. The number of fused-ring (bicyclic) bond motifs is 1. The van der Waals surface area contributed by atoms with Gasteiger partial charge in [0.1, 0.15) is 6.07 Å². The van der Waals surface area contributed by atoms with Crippen molar-refractivity contribution >= 4 is 27.4 Å². The van der Waals surface area contributed by atoms with E-state index >= 15 is 0 Å². The Morgan fingerprint density at radius 3 is 2.62 bits per heavy atom. The maximum Gasteiger partial charge on any atom is 0.338 e. The van der Waals surface area contributed by atoms with Crippen molar-refractivity contribution in [1.29, 1.82) is 5.26 Å². The number of ether oxygens (including phenoxy) is 1. The van der Waals surface area contributed by atoms with Crippen LogP contribution in [0, 0.1) is 21.4 Å². The third-order valence-corrected chi connectivity index (χ3v) is 8.04. The Morgan fingerprint density at radius 1 is 1.18 bits per heavy atom. The standard InChI is InChI=1S/C28H28N4O6S/c1-20(30-39(36,37)26-11-6-5-10-25(26)32(34)35)16-21-17-23-12-14-31(27(23)24(18-21)19-29)13-7-15-38-28(33)22-8-3-2-4-9-22/h2-6,8-11,17-18,20,30H,7,12-16H2,1H3/t20-/m1/s1. The predicted octanol–water partition coefficient (Wildman–Crippen LogP) is 3.99. The van der Waals surface area contributed by atoms with E-state index in [-0.39, 0.29) is 12.6 Å². The number of nitro groups is 1. The summed E-state index contributed by atoms with van der Waals surface area (Å²) in [6, 6.07) is 19.4. The molecule has 1 atom stereocenters. The van der Waals surface area contributed by atoms with E-state index in [1.54, 1.807) is 37.3 Å². The molecule has 1 aliphatic rings. The third-order valence-electron chi connectivity index (χ3n) is 6.40. The van der Waals surface area contributed by atoms with E-state index in [1.807, 2.05) is 12.1 Å². The number of hydrogen-bond acceptors (Lipinski definition) is 8. The van der Waals surface area contributed by atoms with Gasteiger partial charge < -0.3 is 9.64 Å². The second kappa shape index (κ2) is 12.1. The molecular weight excluding hydrogens is 520 g/mol. The summed E-state index contributed by atoms with van der Waals surface area (Å²) in [6.45, 7) is 3.28. The molecule has 39 heavy (non-hydrogen) atoms. The fourth-order valence-corrected chi connectivity index (χ4v) is 6.17. The Balaban J connectivity index is 1.39. The number of carbonyl (C=O) groups is 1. The van der Waals surface area contributed by atoms with Crippen LogP contribution < -0.4 is 9.62 Å². The molecule has 0 aromatic heterocycles. The molecule has 202 valence electrons. The van der Waals surface area contributed by atoms with Gasteiger partial charge in [-0.2, -0.15) is 5.26 Å². The van der Waals surface area contributed by atoms with Crippen molar-refractivity contribution in [1.82, 2.24) is 4.72 Å². The number of rotatable bonds is 11. The number of esters is 1. The molecule has 0 amide bonds. The van der Waals surface area contributed by atoms with Gasteiger partial charge in [0.25, 0.3) is 5.69 Å². The second-order valence-electron chi connectivity index (χ2n) is 9.31. The van der Waals surface area contributed by atoms with Crippen LogP contribution in [0.25, 0.3) is 0 Å². The van der Waals surface area contributed by atoms with E-state index in [1.165, 1.54) is 18.2 Å². The Bertz CT molecular complexity index is 1520. The van der Waals surface area contributed by atoms with Gasteiger partial charge in [0, 0.05) is 25.2 Å². The van der Waals surface area contributed by atoms with Crippen LogP contribution in [-0.4, -0.2) is 45.0 Å². The number of para-hydroxylation sites is 1. The van der Waals surface area contributed by atoms with Crippen LogP contribution in [0.15, 0.2) is 71.6 Å². The smallest absolute Gasteiger partial charge is 0.338 e. The monoisotopic (exact) mass is 548 g/mol. The molecule has 0 unspecified atom stereocenters. The van der Waals surface area contributed by atoms with Crippen molar-refractivity contribution in [3.63, 3.8) is 0 Å². The Morgan fingerprint density at radius 2 is 1.90 bits per heavy atom. The lowest BCUT2D eigenvalue weighted by Crippen LogP contribution is -2.34. The first kappa shape index (κ1) is 27.8. The van der Waals surface area contributed by atoms with Crippen LogP contribution in [0.2, 0.25) is 0 Å². The van der Waals surface area contributed by atoms with E-state index in [0.717, 1.165) is 35.8 Å². The van der Waals surface area contributed by atoms with E-state index < -0.39 is 31.6 Å². The molecule has 4 rings (SSSR count). The molecule has 0 aliphatic carbocycles. The molecule has 0 fully saturated rings. The molecule has 0 saturated heterocycles. The average molecular weight is 549 g/mol. The molecule has 3 aromatic rings. The van der Waals surface area contributed by atoms with Gasteiger partial charge in [0.05, 0.1) is 28.3 Å². The average Bonchev–Trinajstić information content (AvgIpc) is 3.33. The highest BCUT2D eigenvalue weighted by Gasteiger charge is 2.28. The van der Waals surface area contributed by atoms with Crippen molar-refractivity contribution in [2.75, 3.05) is 24.6 Å². The first-order valence-electron chi connectivity index (χ1n) is 12.5. The SMILES string of the molecule is C[C@H](Cc1cc(C#N)c2c(c1)CCN2CCCOC(=O)c1ccccc1)NS(=O)(=O)c1ccccc1[N+](=O)[O-]. The zero-order chi connectivity index (χ0) is 28.0. The highest BCUT2D eigenvalue weighted by molar-refractivity contribution is 7.89. The number of hydrogen-bond donors (Lipinski definition) is 1. The summed E-state index contributed by atoms with van der Waals surface area (Å²) in [5.41, 5.74) is 3.15. The lowest BCUT2D eigenvalue weighted by atomic mass is 9.99. The molecule has 1 N–H and O–H groups in total. The Labute approximate surface area is 227 Å². The third kappa shape index (κ3) is 6.60. The first-order chi connectivity index (χ1) is 18.7. The van der Waals surface area contributed by atoms with Crippen molar-refractivity contribution in [3.8, 4) is 6.07 Å². The summed E-state index contributed by atoms with van der Waals surface area (Å²) in [6.07, 6.45) is 1.64. The Hall–Kier alpha value is -4.27. The Kier molecular flexibility index (Phi) is 8.59. The van der Waals surface area contributed by atoms with Gasteiger partial charge in [-0.15, -0.1) is 0 Å². The van der Waals surface area contributed by atoms with Crippen molar-refractivity contribution in [3.05, 3.63) is 99.1 Å². The number of nitriles is 1. The minimum atomic E-state index is -4.13. The second-order valence-corrected chi connectivity index (χ2v) is 11.0. The van der Waals surface area contributed by atoms with Gasteiger partial charge in [0.15, 0.2) is 4.90 Å². The van der Waals surface area contributed by atoms with Gasteiger partial charge in [-0.3, -0.25) is 10.1 Å². The van der Waals surface area contributed by atoms with Crippen LogP contribution in [-0.2, 0) is 27.6 Å². The number of nitrogens with one attached hydrogen (secondary N) is 1. The maximum atomic E-state index is 12.9. The molecule has 0 radical (unpaired) electrons. The van der Waals surface area contributed by atoms with Crippen molar-refractivity contribution in [2.45, 2.75) is 37.1 Å². The van der Waals surface area contributed by atoms with Gasteiger partial charge in [0.2, 0.25) is 10.0 Å². The number of nitrogens with zero attached hydrogens (tertiary/aromatic N) is 3. The molecule has 11 heteroatoms. The van der Waals surface area contributed by atoms with Crippen LogP contribution >= 0.6 is 0 Å². The largest absolute Gasteiger partial charge is 0.462 e. The fraction of sp³-hybridized carbons (Fsp3) is 0.286. The summed E-state index contributed by atoms with van der Waals surface area (Å²) in [5, 5.41) is 21.1. The highest BCUT2D eigenvalue weighted by atomic mass is 32.2. The van der Waals surface area contributed by atoms with Crippen molar-refractivity contribution in [2.24, 2.45) is 0 Å². The molecule has 3 aromatic carbocycles. The van der Waals surface area contributed by atoms with E-state index in [0.29, 0.717) is 30.5 Å². The van der Waals surface area contributed by atoms with Crippen LogP contribution in [0.4, 0.5) is 11.4 Å². The van der Waals surface area contributed by atoms with Gasteiger partial charge in [-0.1, -0.05) is 36.4 Å². The molecule has 1 heterocycles. The first-order valence-corrected chi connectivity index (χ1v) is 14.0. The molecule has 1 aliphatic heterocycles. The summed E-state index contributed by atoms with van der Waals surface area (Å²) in [7, 11) is -4.13. The van der Waals surface area contributed by atoms with E-state index in [2.05, 4.69) is 15.7 Å². The molecule has 10 nitrogen and oxygen atoms in total. The minimum Gasteiger partial charge on any atom is -0.462 e. The fourth-order valence-electron chi connectivity index (χ4n) is 4.76. The van der Waals surface area contributed by atoms with Crippen molar-refractivity contribution < 1.29 is 22.9 Å². The van der Waals surface area contributed by atoms with E-state index in [9.17, 15) is 28.6 Å². The number of carbonyl (C=O) groups excluding carboxylic acids is 1. The molecule has 0 bridgehead atoms.